The molecule has 0 bridgehead atoms. The van der Waals surface area contributed by atoms with E-state index in [1.807, 2.05) is 33.3 Å². The SMILES string of the molecule is CCn1cc(NC(=O)c2c(SC)nsc2SC)c(C(=O)NCC(C)C)n1. The number of anilines is 1. The van der Waals surface area contributed by atoms with Crippen LogP contribution in [0.15, 0.2) is 15.4 Å². The largest absolute Gasteiger partial charge is 0.350 e. The third-order valence-electron chi connectivity index (χ3n) is 3.46. The molecule has 0 saturated carbocycles. The summed E-state index contributed by atoms with van der Waals surface area (Å²) in [4.78, 5) is 25.3. The Morgan fingerprint density at radius 1 is 1.27 bits per heavy atom. The number of carbonyl (C=O) groups is 2. The zero-order valence-electron chi connectivity index (χ0n) is 15.5. The summed E-state index contributed by atoms with van der Waals surface area (Å²) < 4.78 is 6.80. The summed E-state index contributed by atoms with van der Waals surface area (Å²) in [7, 11) is 0. The van der Waals surface area contributed by atoms with Gasteiger partial charge in [-0.2, -0.15) is 9.47 Å². The van der Waals surface area contributed by atoms with Gasteiger partial charge in [0.05, 0.1) is 15.5 Å². The van der Waals surface area contributed by atoms with E-state index in [2.05, 4.69) is 20.1 Å². The summed E-state index contributed by atoms with van der Waals surface area (Å²) in [5.74, 6) is -0.240. The molecule has 2 N–H and O–H groups in total. The van der Waals surface area contributed by atoms with E-state index in [9.17, 15) is 9.59 Å². The van der Waals surface area contributed by atoms with E-state index in [-0.39, 0.29) is 17.5 Å². The standard InChI is InChI=1S/C16H23N5O2S3/c1-6-21-8-10(12(19-21)14(23)17-7-9(2)3)18-13(22)11-15(24-4)20-26-16(11)25-5/h8-9H,6-7H2,1-5H3,(H,17,23)(H,18,22). The number of hydrogen-bond acceptors (Lipinski definition) is 7. The number of nitrogens with one attached hydrogen (secondary N) is 2. The molecule has 2 rings (SSSR count). The maximum atomic E-state index is 12.8. The monoisotopic (exact) mass is 413 g/mol. The molecule has 0 aromatic carbocycles. The van der Waals surface area contributed by atoms with Crippen molar-refractivity contribution in [1.82, 2.24) is 19.5 Å². The van der Waals surface area contributed by atoms with Crippen LogP contribution in [0.4, 0.5) is 5.69 Å². The van der Waals surface area contributed by atoms with Gasteiger partial charge in [-0.05, 0) is 36.9 Å². The molecule has 0 atom stereocenters. The number of aromatic nitrogens is 3. The number of thioether (sulfide) groups is 2. The second kappa shape index (κ2) is 9.43. The van der Waals surface area contributed by atoms with Crippen LogP contribution in [-0.4, -0.2) is 45.0 Å². The Kier molecular flexibility index (Phi) is 7.54. The Morgan fingerprint density at radius 3 is 2.58 bits per heavy atom. The zero-order valence-corrected chi connectivity index (χ0v) is 17.9. The molecule has 2 aromatic heterocycles. The van der Waals surface area contributed by atoms with E-state index in [0.29, 0.717) is 35.3 Å². The Balaban J connectivity index is 2.28. The maximum Gasteiger partial charge on any atom is 0.273 e. The van der Waals surface area contributed by atoms with Gasteiger partial charge in [-0.15, -0.1) is 23.5 Å². The van der Waals surface area contributed by atoms with Crippen molar-refractivity contribution in [2.75, 3.05) is 24.4 Å². The molecule has 142 valence electrons. The minimum atomic E-state index is -0.292. The van der Waals surface area contributed by atoms with Crippen molar-refractivity contribution in [3.8, 4) is 0 Å². The van der Waals surface area contributed by atoms with Crippen molar-refractivity contribution in [3.63, 3.8) is 0 Å². The van der Waals surface area contributed by atoms with Gasteiger partial charge in [0.2, 0.25) is 0 Å². The van der Waals surface area contributed by atoms with Crippen LogP contribution >= 0.6 is 35.1 Å². The smallest absolute Gasteiger partial charge is 0.273 e. The molecule has 7 nitrogen and oxygen atoms in total. The van der Waals surface area contributed by atoms with Crippen molar-refractivity contribution in [1.29, 1.82) is 0 Å². The van der Waals surface area contributed by atoms with E-state index >= 15 is 0 Å². The second-order valence-electron chi connectivity index (χ2n) is 5.86. The number of amides is 2. The molecule has 0 radical (unpaired) electrons. The van der Waals surface area contributed by atoms with Gasteiger partial charge in [0.1, 0.15) is 5.03 Å². The highest BCUT2D eigenvalue weighted by molar-refractivity contribution is 8.01. The van der Waals surface area contributed by atoms with Crippen LogP contribution in [0.5, 0.6) is 0 Å². The van der Waals surface area contributed by atoms with Gasteiger partial charge in [-0.1, -0.05) is 13.8 Å². The highest BCUT2D eigenvalue weighted by Gasteiger charge is 2.24. The molecular formula is C16H23N5O2S3. The fourth-order valence-electron chi connectivity index (χ4n) is 2.14. The first kappa shape index (κ1) is 20.8. The van der Waals surface area contributed by atoms with Gasteiger partial charge in [0.25, 0.3) is 11.8 Å². The lowest BCUT2D eigenvalue weighted by atomic mass is 10.2. The third-order valence-corrected chi connectivity index (χ3v) is 6.20. The van der Waals surface area contributed by atoms with Gasteiger partial charge in [0.15, 0.2) is 5.69 Å². The fourth-order valence-corrected chi connectivity index (χ4v) is 4.42. The van der Waals surface area contributed by atoms with Crippen molar-refractivity contribution in [3.05, 3.63) is 17.5 Å². The summed E-state index contributed by atoms with van der Waals surface area (Å²) in [6.07, 6.45) is 5.48. The van der Waals surface area contributed by atoms with Crippen LogP contribution in [0.1, 0.15) is 41.6 Å². The van der Waals surface area contributed by atoms with Crippen LogP contribution in [0.3, 0.4) is 0 Å². The molecule has 0 aliphatic rings. The lowest BCUT2D eigenvalue weighted by Crippen LogP contribution is -2.28. The third kappa shape index (κ3) is 4.80. The highest BCUT2D eigenvalue weighted by Crippen LogP contribution is 2.33. The van der Waals surface area contributed by atoms with Crippen molar-refractivity contribution < 1.29 is 9.59 Å². The predicted octanol–water partition coefficient (Wildman–Crippen LogP) is 3.44. The minimum absolute atomic E-state index is 0.223. The summed E-state index contributed by atoms with van der Waals surface area (Å²) in [5, 5.41) is 10.7. The molecule has 0 aliphatic carbocycles. The summed E-state index contributed by atoms with van der Waals surface area (Å²) in [6.45, 7) is 7.12. The Bertz CT molecular complexity index is 763. The average molecular weight is 414 g/mol. The van der Waals surface area contributed by atoms with Gasteiger partial charge in [-0.3, -0.25) is 14.3 Å². The predicted molar refractivity (Wildman–Crippen MR) is 109 cm³/mol. The minimum Gasteiger partial charge on any atom is -0.350 e. The molecule has 2 heterocycles. The van der Waals surface area contributed by atoms with Gasteiger partial charge in [0, 0.05) is 19.3 Å². The van der Waals surface area contributed by atoms with Gasteiger partial charge >= 0.3 is 0 Å². The topological polar surface area (TPSA) is 88.9 Å². The Morgan fingerprint density at radius 2 is 2.00 bits per heavy atom. The molecule has 2 aromatic rings. The van der Waals surface area contributed by atoms with Crippen molar-refractivity contribution >= 4 is 52.6 Å². The van der Waals surface area contributed by atoms with Gasteiger partial charge in [-0.25, -0.2) is 0 Å². The van der Waals surface area contributed by atoms with Crippen LogP contribution in [-0.2, 0) is 6.54 Å². The molecular weight excluding hydrogens is 390 g/mol. The van der Waals surface area contributed by atoms with E-state index in [4.69, 9.17) is 0 Å². The van der Waals surface area contributed by atoms with E-state index in [1.165, 1.54) is 35.1 Å². The fraction of sp³-hybridized carbons (Fsp3) is 0.500. The van der Waals surface area contributed by atoms with Crippen LogP contribution < -0.4 is 10.6 Å². The first-order chi connectivity index (χ1) is 12.4. The zero-order chi connectivity index (χ0) is 19.3. The molecule has 0 fully saturated rings. The normalized spacial score (nSPS) is 11.0. The molecule has 0 spiro atoms. The van der Waals surface area contributed by atoms with Gasteiger partial charge < -0.3 is 10.6 Å². The summed E-state index contributed by atoms with van der Waals surface area (Å²) in [5.41, 5.74) is 1.18. The van der Waals surface area contributed by atoms with Crippen LogP contribution in [0.2, 0.25) is 0 Å². The van der Waals surface area contributed by atoms with Crippen LogP contribution in [0.25, 0.3) is 0 Å². The summed E-state index contributed by atoms with van der Waals surface area (Å²) >= 11 is 4.21. The maximum absolute atomic E-state index is 12.8. The number of nitrogens with zero attached hydrogens (tertiary/aromatic N) is 3. The average Bonchev–Trinajstić information content (AvgIpc) is 3.22. The highest BCUT2D eigenvalue weighted by atomic mass is 32.2. The first-order valence-corrected chi connectivity index (χ1v) is 11.4. The Hall–Kier alpha value is -1.52. The molecule has 0 unspecified atom stereocenters. The molecule has 0 aliphatic heterocycles. The second-order valence-corrected chi connectivity index (χ2v) is 8.51. The lowest BCUT2D eigenvalue weighted by molar-refractivity contribution is 0.0944. The molecule has 10 heteroatoms. The van der Waals surface area contributed by atoms with Crippen molar-refractivity contribution in [2.45, 2.75) is 36.6 Å². The molecule has 2 amide bonds. The number of carbonyl (C=O) groups excluding carboxylic acids is 2. The first-order valence-electron chi connectivity index (χ1n) is 8.15. The van der Waals surface area contributed by atoms with E-state index < -0.39 is 0 Å². The lowest BCUT2D eigenvalue weighted by Gasteiger charge is -2.08. The Labute approximate surface area is 165 Å². The van der Waals surface area contributed by atoms with E-state index in [1.54, 1.807) is 10.9 Å². The summed E-state index contributed by atoms with van der Waals surface area (Å²) in [6, 6.07) is 0. The molecule has 26 heavy (non-hydrogen) atoms. The molecule has 0 saturated heterocycles. The van der Waals surface area contributed by atoms with Crippen LogP contribution in [0, 0.1) is 5.92 Å². The van der Waals surface area contributed by atoms with Crippen molar-refractivity contribution in [2.24, 2.45) is 5.92 Å². The number of aryl methyl sites for hydroxylation is 1. The number of rotatable bonds is 8. The quantitative estimate of drug-likeness (QED) is 0.645. The number of hydrogen-bond donors (Lipinski definition) is 2. The van der Waals surface area contributed by atoms with E-state index in [0.717, 1.165) is 4.21 Å².